The van der Waals surface area contributed by atoms with E-state index < -0.39 is 0 Å². The number of phenols is 2. The molecule has 6 heteroatoms. The van der Waals surface area contributed by atoms with Crippen molar-refractivity contribution in [2.24, 2.45) is 0 Å². The molecule has 3 N–H and O–H groups in total. The summed E-state index contributed by atoms with van der Waals surface area (Å²) in [5, 5.41) is 27.3. The minimum Gasteiger partial charge on any atom is -0.508 e. The third-order valence-corrected chi connectivity index (χ3v) is 4.50. The Morgan fingerprint density at radius 2 is 1.86 bits per heavy atom. The van der Waals surface area contributed by atoms with Crippen molar-refractivity contribution in [1.29, 1.82) is 0 Å². The van der Waals surface area contributed by atoms with Crippen LogP contribution in [0.4, 0.5) is 0 Å². The molecule has 1 radical (unpaired) electrons. The van der Waals surface area contributed by atoms with Crippen LogP contribution >= 0.6 is 0 Å². The van der Waals surface area contributed by atoms with Gasteiger partial charge in [-0.25, -0.2) is 0 Å². The minimum atomic E-state index is -0.367. The average Bonchev–Trinajstić information content (AvgIpc) is 3.07. The number of hydrogen-bond acceptors (Lipinski definition) is 5. The van der Waals surface area contributed by atoms with Crippen molar-refractivity contribution in [3.05, 3.63) is 60.1 Å². The van der Waals surface area contributed by atoms with Gasteiger partial charge >= 0.3 is 0 Å². The van der Waals surface area contributed by atoms with E-state index in [2.05, 4.69) is 17.4 Å². The van der Waals surface area contributed by atoms with Gasteiger partial charge in [0, 0.05) is 12.6 Å². The first kappa shape index (κ1) is 19.5. The van der Waals surface area contributed by atoms with Gasteiger partial charge in [0.25, 0.3) is 5.91 Å². The molecule has 1 heterocycles. The van der Waals surface area contributed by atoms with Crippen LogP contribution in [0.1, 0.15) is 48.3 Å². The van der Waals surface area contributed by atoms with Crippen LogP contribution in [0.2, 0.25) is 0 Å². The molecule has 0 fully saturated rings. The van der Waals surface area contributed by atoms with Gasteiger partial charge in [-0.15, -0.1) is 0 Å². The molecule has 3 aromatic rings. The Balaban J connectivity index is 2.26. The predicted molar refractivity (Wildman–Crippen MR) is 107 cm³/mol. The Hall–Kier alpha value is -3.28. The molecule has 1 amide bonds. The fourth-order valence-electron chi connectivity index (χ4n) is 3.05. The van der Waals surface area contributed by atoms with E-state index in [0.29, 0.717) is 28.8 Å². The maximum absolute atomic E-state index is 12.5. The molecule has 145 valence electrons. The molecular weight excluding hydrogens is 356 g/mol. The number of hydrogen-bond donors (Lipinski definition) is 3. The first-order valence-electron chi connectivity index (χ1n) is 9.10. The lowest BCUT2D eigenvalue weighted by Gasteiger charge is -2.12. The molecule has 6 nitrogen and oxygen atoms in total. The van der Waals surface area contributed by atoms with Gasteiger partial charge in [-0.05, 0) is 42.5 Å². The van der Waals surface area contributed by atoms with Gasteiger partial charge in [0.05, 0.1) is 11.1 Å². The smallest absolute Gasteiger partial charge is 0.274 e. The second-order valence-corrected chi connectivity index (χ2v) is 6.87. The first-order valence-corrected chi connectivity index (χ1v) is 9.10. The number of aromatic nitrogens is 1. The maximum atomic E-state index is 12.5. The van der Waals surface area contributed by atoms with E-state index in [1.165, 1.54) is 6.07 Å². The van der Waals surface area contributed by atoms with Crippen LogP contribution in [0.3, 0.4) is 0 Å². The summed E-state index contributed by atoms with van der Waals surface area (Å²) in [6.45, 7) is 10.0. The summed E-state index contributed by atoms with van der Waals surface area (Å²) in [5.41, 5.74) is 3.16. The Labute approximate surface area is 163 Å². The maximum Gasteiger partial charge on any atom is 0.274 e. The average molecular weight is 379 g/mol. The highest BCUT2D eigenvalue weighted by Crippen LogP contribution is 2.43. The van der Waals surface area contributed by atoms with Crippen LogP contribution in [0, 0.1) is 6.92 Å². The molecule has 3 rings (SSSR count). The molecule has 0 aliphatic carbocycles. The van der Waals surface area contributed by atoms with Crippen molar-refractivity contribution < 1.29 is 19.5 Å². The summed E-state index contributed by atoms with van der Waals surface area (Å²) in [6.07, 6.45) is 0. The second-order valence-electron chi connectivity index (χ2n) is 6.87. The summed E-state index contributed by atoms with van der Waals surface area (Å²) in [7, 11) is 0. The minimum absolute atomic E-state index is 0.00248. The third-order valence-electron chi connectivity index (χ3n) is 4.50. The molecular formula is C22H23N2O4. The number of amides is 1. The standard InChI is InChI=1S/C22H23N2O4/c1-5-23-22(27)20-19(14-8-6-13(4)7-9-14)21(28-24-20)16-10-15(12(2)3)17(25)11-18(16)26/h6-12,25-26H,4-5H2,1-3H3,(H,23,27). The van der Waals surface area contributed by atoms with Crippen molar-refractivity contribution in [2.75, 3.05) is 6.54 Å². The normalized spacial score (nSPS) is 11.0. The van der Waals surface area contributed by atoms with E-state index >= 15 is 0 Å². The van der Waals surface area contributed by atoms with Gasteiger partial charge in [0.1, 0.15) is 11.5 Å². The van der Waals surface area contributed by atoms with Crippen LogP contribution in [0.15, 0.2) is 40.9 Å². The molecule has 28 heavy (non-hydrogen) atoms. The van der Waals surface area contributed by atoms with Crippen LogP contribution in [0.5, 0.6) is 11.5 Å². The SMILES string of the molecule is [CH2]c1ccc(-c2c(C(=O)NCC)noc2-c2cc(C(C)C)c(O)cc2O)cc1. The zero-order chi connectivity index (χ0) is 20.4. The van der Waals surface area contributed by atoms with E-state index in [1.807, 2.05) is 45.0 Å². The van der Waals surface area contributed by atoms with E-state index in [4.69, 9.17) is 4.52 Å². The highest BCUT2D eigenvalue weighted by atomic mass is 16.5. The monoisotopic (exact) mass is 379 g/mol. The highest BCUT2D eigenvalue weighted by Gasteiger charge is 2.26. The predicted octanol–water partition coefficient (Wildman–Crippen LogP) is 4.48. The van der Waals surface area contributed by atoms with Gasteiger partial charge < -0.3 is 20.1 Å². The van der Waals surface area contributed by atoms with Gasteiger partial charge in [-0.2, -0.15) is 0 Å². The summed E-state index contributed by atoms with van der Waals surface area (Å²) in [6, 6.07) is 10.2. The zero-order valence-corrected chi connectivity index (χ0v) is 16.1. The molecule has 0 spiro atoms. The van der Waals surface area contributed by atoms with Crippen molar-refractivity contribution in [1.82, 2.24) is 10.5 Å². The number of aromatic hydroxyl groups is 2. The van der Waals surface area contributed by atoms with E-state index in [1.54, 1.807) is 6.07 Å². The quantitative estimate of drug-likeness (QED) is 0.608. The summed E-state index contributed by atoms with van der Waals surface area (Å²) in [4.78, 5) is 12.5. The molecule has 2 aromatic carbocycles. The van der Waals surface area contributed by atoms with Crippen LogP contribution in [-0.2, 0) is 0 Å². The summed E-state index contributed by atoms with van der Waals surface area (Å²) in [5.74, 6) is -0.233. The molecule has 0 atom stereocenters. The molecule has 1 aromatic heterocycles. The Morgan fingerprint density at radius 1 is 1.18 bits per heavy atom. The number of carbonyl (C=O) groups excluding carboxylic acids is 1. The number of carbonyl (C=O) groups is 1. The second kappa shape index (κ2) is 7.76. The topological polar surface area (TPSA) is 95.6 Å². The zero-order valence-electron chi connectivity index (χ0n) is 16.1. The highest BCUT2D eigenvalue weighted by molar-refractivity contribution is 6.02. The van der Waals surface area contributed by atoms with Crippen molar-refractivity contribution >= 4 is 5.91 Å². The Bertz CT molecular complexity index is 1000. The van der Waals surface area contributed by atoms with Gasteiger partial charge in [-0.1, -0.05) is 43.3 Å². The Morgan fingerprint density at radius 3 is 2.46 bits per heavy atom. The Kier molecular flexibility index (Phi) is 5.40. The van der Waals surface area contributed by atoms with Crippen LogP contribution < -0.4 is 5.32 Å². The molecule has 0 saturated heterocycles. The lowest BCUT2D eigenvalue weighted by molar-refractivity contribution is 0.0947. The largest absolute Gasteiger partial charge is 0.508 e. The lowest BCUT2D eigenvalue weighted by atomic mass is 9.94. The molecule has 0 aliphatic heterocycles. The first-order chi connectivity index (χ1) is 13.3. The third kappa shape index (κ3) is 3.58. The fourth-order valence-corrected chi connectivity index (χ4v) is 3.05. The van der Waals surface area contributed by atoms with Gasteiger partial charge in [0.15, 0.2) is 11.5 Å². The van der Waals surface area contributed by atoms with Gasteiger partial charge in [0.2, 0.25) is 0 Å². The van der Waals surface area contributed by atoms with Crippen molar-refractivity contribution in [3.8, 4) is 33.9 Å². The number of benzene rings is 2. The van der Waals surface area contributed by atoms with E-state index in [-0.39, 0.29) is 34.8 Å². The van der Waals surface area contributed by atoms with Crippen LogP contribution in [0.25, 0.3) is 22.5 Å². The lowest BCUT2D eigenvalue weighted by Crippen LogP contribution is -2.23. The van der Waals surface area contributed by atoms with Gasteiger partial charge in [-0.3, -0.25) is 4.79 Å². The van der Waals surface area contributed by atoms with Crippen molar-refractivity contribution in [2.45, 2.75) is 26.7 Å². The summed E-state index contributed by atoms with van der Waals surface area (Å²) >= 11 is 0. The molecule has 0 saturated carbocycles. The fraction of sp³-hybridized carbons (Fsp3) is 0.227. The number of nitrogens with zero attached hydrogens (tertiary/aromatic N) is 1. The van der Waals surface area contributed by atoms with E-state index in [9.17, 15) is 15.0 Å². The van der Waals surface area contributed by atoms with Crippen LogP contribution in [-0.4, -0.2) is 27.8 Å². The van der Waals surface area contributed by atoms with Crippen molar-refractivity contribution in [3.63, 3.8) is 0 Å². The summed E-state index contributed by atoms with van der Waals surface area (Å²) < 4.78 is 5.52. The number of phenolic OH excluding ortho intramolecular Hbond substituents is 2. The molecule has 0 aliphatic rings. The molecule has 0 bridgehead atoms. The van der Waals surface area contributed by atoms with E-state index in [0.717, 1.165) is 5.56 Å². The molecule has 0 unspecified atom stereocenters. The number of nitrogens with one attached hydrogen (secondary N) is 1. The number of rotatable bonds is 5.